The highest BCUT2D eigenvalue weighted by atomic mass is 31.0. The van der Waals surface area contributed by atoms with Crippen LogP contribution >= 0.6 is 9.39 Å². The van der Waals surface area contributed by atoms with Gasteiger partial charge in [0.1, 0.15) is 0 Å². The number of nitrogens with two attached hydrogens (primary N) is 1. The molecule has 9 heavy (non-hydrogen) atoms. The fourth-order valence-electron chi connectivity index (χ4n) is 0.403. The Balaban J connectivity index is 3.21. The molecular weight excluding hydrogens is 133 g/mol. The molecule has 0 radical (unpaired) electrons. The summed E-state index contributed by atoms with van der Waals surface area (Å²) in [5.74, 6) is 0.494. The van der Waals surface area contributed by atoms with E-state index in [0.717, 1.165) is 19.4 Å². The van der Waals surface area contributed by atoms with Gasteiger partial charge in [-0.25, -0.2) is 0 Å². The third-order valence-corrected chi connectivity index (χ3v) is 1.24. The van der Waals surface area contributed by atoms with Crippen molar-refractivity contribution >= 4 is 15.4 Å². The van der Waals surface area contributed by atoms with Gasteiger partial charge in [0, 0.05) is 6.54 Å². The van der Waals surface area contributed by atoms with Crippen molar-refractivity contribution in [3.8, 4) is 0 Å². The monoisotopic (exact) mass is 147 g/mol. The summed E-state index contributed by atoms with van der Waals surface area (Å²) in [6.45, 7) is 2.95. The fraction of sp³-hybridized carbons (Fsp3) is 0.800. The van der Waals surface area contributed by atoms with Crippen LogP contribution < -0.4 is 10.8 Å². The van der Waals surface area contributed by atoms with E-state index >= 15 is 0 Å². The molecule has 0 bridgehead atoms. The molecule has 3 N–H and O–H groups in total. The number of hydrogen-bond donors (Lipinski definition) is 2. The van der Waals surface area contributed by atoms with Crippen molar-refractivity contribution in [2.24, 2.45) is 10.7 Å². The first-order valence-corrected chi connectivity index (χ1v) is 3.65. The Hall–Kier alpha value is -0.300. The lowest BCUT2D eigenvalue weighted by Crippen LogP contribution is -2.23. The summed E-state index contributed by atoms with van der Waals surface area (Å²) in [4.78, 5) is 3.99. The molecule has 0 heterocycles. The Bertz CT molecular complexity index is 92.2. The molecule has 1 atom stereocenters. The maximum atomic E-state index is 5.33. The zero-order valence-electron chi connectivity index (χ0n) is 5.72. The van der Waals surface area contributed by atoms with Crippen LogP contribution in [0.25, 0.3) is 0 Å². The normalized spacial score (nSPS) is 11.6. The van der Waals surface area contributed by atoms with Gasteiger partial charge in [0.15, 0.2) is 5.96 Å². The molecule has 54 valence electrons. The Morgan fingerprint density at radius 1 is 1.78 bits per heavy atom. The highest BCUT2D eigenvalue weighted by molar-refractivity contribution is 7.15. The average molecular weight is 147 g/mol. The topological polar surface area (TPSA) is 50.4 Å². The molecule has 0 aromatic rings. The minimum atomic E-state index is 0.494. The van der Waals surface area contributed by atoms with Crippen LogP contribution in [0.1, 0.15) is 19.8 Å². The van der Waals surface area contributed by atoms with E-state index in [1.54, 1.807) is 0 Å². The molecule has 0 aliphatic rings. The minimum Gasteiger partial charge on any atom is -0.370 e. The van der Waals surface area contributed by atoms with Gasteiger partial charge >= 0.3 is 0 Å². The van der Waals surface area contributed by atoms with E-state index in [-0.39, 0.29) is 0 Å². The fourth-order valence-corrected chi connectivity index (χ4v) is 0.495. The molecule has 4 heteroatoms. The number of unbranched alkanes of at least 4 members (excludes halogenated alkanes) is 1. The van der Waals surface area contributed by atoms with E-state index in [0.29, 0.717) is 5.96 Å². The number of hydrogen-bond acceptors (Lipinski definition) is 1. The van der Waals surface area contributed by atoms with E-state index in [2.05, 4.69) is 26.4 Å². The van der Waals surface area contributed by atoms with Gasteiger partial charge in [-0.05, 0) is 15.8 Å². The molecule has 0 aliphatic heterocycles. The van der Waals surface area contributed by atoms with Crippen LogP contribution in [-0.4, -0.2) is 12.5 Å². The first kappa shape index (κ1) is 8.70. The summed E-state index contributed by atoms with van der Waals surface area (Å²) in [5.41, 5.74) is 5.33. The summed E-state index contributed by atoms with van der Waals surface area (Å²) in [6.07, 6.45) is 2.26. The first-order valence-electron chi connectivity index (χ1n) is 3.07. The van der Waals surface area contributed by atoms with Gasteiger partial charge in [-0.2, -0.15) is 0 Å². The molecule has 0 aromatic carbocycles. The molecule has 3 nitrogen and oxygen atoms in total. The summed E-state index contributed by atoms with van der Waals surface area (Å²) in [7, 11) is 2.30. The van der Waals surface area contributed by atoms with Gasteiger partial charge in [-0.15, -0.1) is 0 Å². The van der Waals surface area contributed by atoms with Crippen LogP contribution in [0.4, 0.5) is 0 Å². The van der Waals surface area contributed by atoms with Crippen molar-refractivity contribution in [1.29, 1.82) is 0 Å². The Morgan fingerprint density at radius 3 is 2.89 bits per heavy atom. The molecule has 0 aromatic heterocycles. The summed E-state index contributed by atoms with van der Waals surface area (Å²) < 4.78 is 0. The van der Waals surface area contributed by atoms with Crippen LogP contribution in [0.2, 0.25) is 0 Å². The number of nitrogens with zero attached hydrogens (tertiary/aromatic N) is 1. The standard InChI is InChI=1S/C5H14N3P/c1-2-3-4-7-5(6)8-9/h2-4,9H2,1H3,(H3,6,7,8). The molecule has 0 saturated heterocycles. The van der Waals surface area contributed by atoms with Crippen LogP contribution in [0.15, 0.2) is 4.99 Å². The van der Waals surface area contributed by atoms with E-state index in [9.17, 15) is 0 Å². The number of rotatable bonds is 3. The lowest BCUT2D eigenvalue weighted by Gasteiger charge is -1.95. The second kappa shape index (κ2) is 5.83. The SMILES string of the molecule is CCCCN=C(N)NP. The number of guanidine groups is 1. The molecule has 0 saturated carbocycles. The zero-order valence-corrected chi connectivity index (χ0v) is 6.88. The van der Waals surface area contributed by atoms with Crippen LogP contribution in [0.5, 0.6) is 0 Å². The van der Waals surface area contributed by atoms with E-state index < -0.39 is 0 Å². The predicted molar refractivity (Wildman–Crippen MR) is 44.2 cm³/mol. The maximum Gasteiger partial charge on any atom is 0.191 e. The second-order valence-corrected chi connectivity index (χ2v) is 2.05. The van der Waals surface area contributed by atoms with Crippen molar-refractivity contribution in [2.75, 3.05) is 6.54 Å². The van der Waals surface area contributed by atoms with Gasteiger partial charge in [-0.3, -0.25) is 4.99 Å². The number of aliphatic imine (C=N–C) groups is 1. The molecule has 0 aliphatic carbocycles. The van der Waals surface area contributed by atoms with Gasteiger partial charge in [0.05, 0.1) is 0 Å². The average Bonchev–Trinajstić information content (AvgIpc) is 1.89. The highest BCUT2D eigenvalue weighted by Gasteiger charge is 1.82. The lowest BCUT2D eigenvalue weighted by atomic mass is 10.3. The maximum absolute atomic E-state index is 5.33. The lowest BCUT2D eigenvalue weighted by molar-refractivity contribution is 0.805. The van der Waals surface area contributed by atoms with Gasteiger partial charge in [0.2, 0.25) is 0 Å². The zero-order chi connectivity index (χ0) is 7.11. The molecule has 0 amide bonds. The Labute approximate surface area is 58.4 Å². The number of nitrogens with one attached hydrogen (secondary N) is 1. The largest absolute Gasteiger partial charge is 0.370 e. The van der Waals surface area contributed by atoms with Crippen LogP contribution in [0, 0.1) is 0 Å². The molecule has 1 unspecified atom stereocenters. The predicted octanol–water partition coefficient (Wildman–Crippen LogP) is 0.481. The van der Waals surface area contributed by atoms with Gasteiger partial charge < -0.3 is 10.8 Å². The summed E-state index contributed by atoms with van der Waals surface area (Å²) in [5, 5.41) is 2.67. The van der Waals surface area contributed by atoms with Crippen molar-refractivity contribution < 1.29 is 0 Å². The highest BCUT2D eigenvalue weighted by Crippen LogP contribution is 1.85. The third-order valence-electron chi connectivity index (χ3n) is 0.942. The van der Waals surface area contributed by atoms with Gasteiger partial charge in [0.25, 0.3) is 0 Å². The van der Waals surface area contributed by atoms with Crippen LogP contribution in [0.3, 0.4) is 0 Å². The van der Waals surface area contributed by atoms with E-state index in [1.165, 1.54) is 0 Å². The van der Waals surface area contributed by atoms with Crippen molar-refractivity contribution in [3.63, 3.8) is 0 Å². The summed E-state index contributed by atoms with van der Waals surface area (Å²) >= 11 is 0. The Kier molecular flexibility index (Phi) is 5.64. The molecular formula is C5H14N3P. The second-order valence-electron chi connectivity index (χ2n) is 1.76. The van der Waals surface area contributed by atoms with Crippen molar-refractivity contribution in [1.82, 2.24) is 5.09 Å². The summed E-state index contributed by atoms with van der Waals surface area (Å²) in [6, 6.07) is 0. The van der Waals surface area contributed by atoms with E-state index in [1.807, 2.05) is 0 Å². The van der Waals surface area contributed by atoms with E-state index in [4.69, 9.17) is 5.73 Å². The van der Waals surface area contributed by atoms with Gasteiger partial charge in [-0.1, -0.05) is 13.3 Å². The molecule has 0 spiro atoms. The van der Waals surface area contributed by atoms with Crippen LogP contribution in [-0.2, 0) is 0 Å². The first-order chi connectivity index (χ1) is 4.31. The molecule has 0 rings (SSSR count). The molecule has 0 fully saturated rings. The minimum absolute atomic E-state index is 0.494. The Morgan fingerprint density at radius 2 is 2.44 bits per heavy atom. The quantitative estimate of drug-likeness (QED) is 0.264. The third kappa shape index (κ3) is 5.57. The smallest absolute Gasteiger partial charge is 0.191 e. The van der Waals surface area contributed by atoms with Crippen molar-refractivity contribution in [3.05, 3.63) is 0 Å². The van der Waals surface area contributed by atoms with Crippen molar-refractivity contribution in [2.45, 2.75) is 19.8 Å².